The summed E-state index contributed by atoms with van der Waals surface area (Å²) >= 11 is 7.16. The highest BCUT2D eigenvalue weighted by Crippen LogP contribution is 2.39. The number of halogens is 2. The van der Waals surface area contributed by atoms with Crippen LogP contribution in [0.1, 0.15) is 34.7 Å². The molecule has 1 aromatic rings. The van der Waals surface area contributed by atoms with Gasteiger partial charge in [0.25, 0.3) is 0 Å². The number of fused-ring (bicyclic) bond motifs is 1. The van der Waals surface area contributed by atoms with Gasteiger partial charge in [-0.05, 0) is 56.4 Å². The lowest BCUT2D eigenvalue weighted by molar-refractivity contribution is 0.253. The highest BCUT2D eigenvalue weighted by molar-refractivity contribution is 9.24. The second-order valence-corrected chi connectivity index (χ2v) is 8.33. The molecule has 0 aromatic heterocycles. The third kappa shape index (κ3) is 2.41. The van der Waals surface area contributed by atoms with Crippen molar-refractivity contribution in [1.29, 1.82) is 0 Å². The van der Waals surface area contributed by atoms with Crippen molar-refractivity contribution < 1.29 is 4.74 Å². The Labute approximate surface area is 120 Å². The van der Waals surface area contributed by atoms with Crippen molar-refractivity contribution in [2.45, 2.75) is 50.4 Å². The van der Waals surface area contributed by atoms with Crippen molar-refractivity contribution in [3.8, 4) is 5.75 Å². The molecular formula is C14H18Br2O. The molecule has 1 aromatic carbocycles. The van der Waals surface area contributed by atoms with E-state index in [9.17, 15) is 0 Å². The lowest BCUT2D eigenvalue weighted by Gasteiger charge is -2.17. The smallest absolute Gasteiger partial charge is 0.126 e. The van der Waals surface area contributed by atoms with Gasteiger partial charge in [-0.15, -0.1) is 0 Å². The molecule has 0 radical (unpaired) electrons. The van der Waals surface area contributed by atoms with E-state index in [4.69, 9.17) is 4.74 Å². The van der Waals surface area contributed by atoms with E-state index in [0.717, 1.165) is 18.6 Å². The summed E-state index contributed by atoms with van der Waals surface area (Å²) < 4.78 is 6.27. The third-order valence-corrected chi connectivity index (χ3v) is 4.35. The van der Waals surface area contributed by atoms with Gasteiger partial charge >= 0.3 is 0 Å². The summed E-state index contributed by atoms with van der Waals surface area (Å²) in [6.45, 7) is 8.75. The van der Waals surface area contributed by atoms with Gasteiger partial charge < -0.3 is 4.74 Å². The van der Waals surface area contributed by atoms with Gasteiger partial charge in [0, 0.05) is 12.0 Å². The summed E-state index contributed by atoms with van der Waals surface area (Å²) in [7, 11) is 0. The Morgan fingerprint density at radius 1 is 1.18 bits per heavy atom. The van der Waals surface area contributed by atoms with Gasteiger partial charge in [0.15, 0.2) is 0 Å². The molecule has 0 saturated heterocycles. The zero-order valence-corrected chi connectivity index (χ0v) is 13.9. The largest absolute Gasteiger partial charge is 0.490 e. The minimum atomic E-state index is 0.320. The molecule has 0 N–H and O–H groups in total. The molecule has 1 atom stereocenters. The molecule has 0 amide bonds. The molecule has 0 spiro atoms. The van der Waals surface area contributed by atoms with Crippen molar-refractivity contribution >= 4 is 31.9 Å². The Balaban J connectivity index is 2.56. The number of ether oxygens (including phenoxy) is 1. The fourth-order valence-electron chi connectivity index (χ4n) is 2.65. The molecule has 17 heavy (non-hydrogen) atoms. The number of benzene rings is 1. The van der Waals surface area contributed by atoms with E-state index in [1.165, 1.54) is 27.8 Å². The van der Waals surface area contributed by atoms with Crippen molar-refractivity contribution in [2.24, 2.45) is 0 Å². The molecule has 1 unspecified atom stereocenters. The van der Waals surface area contributed by atoms with Crippen molar-refractivity contribution in [1.82, 2.24) is 0 Å². The van der Waals surface area contributed by atoms with Crippen LogP contribution in [0.25, 0.3) is 0 Å². The fourth-order valence-corrected chi connectivity index (χ4v) is 3.30. The molecule has 2 rings (SSSR count). The summed E-state index contributed by atoms with van der Waals surface area (Å²) in [5.74, 6) is 1.14. The van der Waals surface area contributed by atoms with Crippen LogP contribution in [0.3, 0.4) is 0 Å². The maximum Gasteiger partial charge on any atom is 0.126 e. The van der Waals surface area contributed by atoms with Gasteiger partial charge in [-0.25, -0.2) is 0 Å². The molecule has 0 fully saturated rings. The van der Waals surface area contributed by atoms with Gasteiger partial charge in [0.2, 0.25) is 0 Å². The monoisotopic (exact) mass is 360 g/mol. The molecule has 94 valence electrons. The van der Waals surface area contributed by atoms with E-state index in [0.29, 0.717) is 9.84 Å². The van der Waals surface area contributed by atoms with Gasteiger partial charge in [-0.2, -0.15) is 0 Å². The van der Waals surface area contributed by atoms with Crippen LogP contribution in [0.15, 0.2) is 0 Å². The lowest BCUT2D eigenvalue weighted by atomic mass is 9.90. The maximum atomic E-state index is 5.94. The topological polar surface area (TPSA) is 9.23 Å². The van der Waals surface area contributed by atoms with Crippen LogP contribution in [0, 0.1) is 20.8 Å². The van der Waals surface area contributed by atoms with Gasteiger partial charge in [0.1, 0.15) is 11.9 Å². The molecule has 3 heteroatoms. The second kappa shape index (κ2) is 4.93. The molecule has 0 bridgehead atoms. The zero-order valence-electron chi connectivity index (χ0n) is 10.7. The standard InChI is InChI=1S/C14H18Br2O/c1-7-5-12-10(4)11(6-13(15)16)8(2)9(3)14(12)17-7/h7,13H,5-6H2,1-4H3. The fraction of sp³-hybridized carbons (Fsp3) is 0.571. The molecule has 1 heterocycles. The van der Waals surface area contributed by atoms with Crippen LogP contribution < -0.4 is 4.74 Å². The normalized spacial score (nSPS) is 18.4. The van der Waals surface area contributed by atoms with E-state index in [1.54, 1.807) is 0 Å². The van der Waals surface area contributed by atoms with Crippen LogP contribution in [0.2, 0.25) is 0 Å². The summed E-state index contributed by atoms with van der Waals surface area (Å²) in [5.41, 5.74) is 6.97. The first-order valence-electron chi connectivity index (χ1n) is 5.98. The highest BCUT2D eigenvalue weighted by Gasteiger charge is 2.26. The quantitative estimate of drug-likeness (QED) is 0.700. The van der Waals surface area contributed by atoms with Crippen LogP contribution in [-0.2, 0) is 12.8 Å². The highest BCUT2D eigenvalue weighted by atomic mass is 79.9. The Morgan fingerprint density at radius 3 is 2.41 bits per heavy atom. The van der Waals surface area contributed by atoms with Crippen LogP contribution in [0.4, 0.5) is 0 Å². The summed E-state index contributed by atoms with van der Waals surface area (Å²) in [6.07, 6.45) is 2.38. The minimum absolute atomic E-state index is 0.320. The first-order valence-corrected chi connectivity index (χ1v) is 7.81. The first kappa shape index (κ1) is 13.4. The van der Waals surface area contributed by atoms with Gasteiger partial charge in [-0.1, -0.05) is 31.9 Å². The molecule has 1 aliphatic heterocycles. The maximum absolute atomic E-state index is 5.94. The molecular weight excluding hydrogens is 344 g/mol. The molecule has 1 nitrogen and oxygen atoms in total. The predicted octanol–water partition coefficient (Wildman–Crippen LogP) is 4.59. The Bertz CT molecular complexity index is 452. The molecule has 0 saturated carbocycles. The molecule has 1 aliphatic rings. The number of hydrogen-bond donors (Lipinski definition) is 0. The van der Waals surface area contributed by atoms with Crippen molar-refractivity contribution in [3.05, 3.63) is 27.8 Å². The third-order valence-electron chi connectivity index (χ3n) is 3.70. The molecule has 0 aliphatic carbocycles. The van der Waals surface area contributed by atoms with E-state index in [2.05, 4.69) is 59.6 Å². The zero-order chi connectivity index (χ0) is 12.7. The van der Waals surface area contributed by atoms with Gasteiger partial charge in [-0.3, -0.25) is 0 Å². The summed E-state index contributed by atoms with van der Waals surface area (Å²) in [5, 5.41) is 0. The van der Waals surface area contributed by atoms with Crippen LogP contribution in [0.5, 0.6) is 5.75 Å². The average molecular weight is 362 g/mol. The Kier molecular flexibility index (Phi) is 3.89. The van der Waals surface area contributed by atoms with Crippen molar-refractivity contribution in [3.63, 3.8) is 0 Å². The van der Waals surface area contributed by atoms with Crippen LogP contribution in [-0.4, -0.2) is 9.84 Å². The SMILES string of the molecule is Cc1c(C)c2c(c(C)c1CC(Br)Br)CC(C)O2. The van der Waals surface area contributed by atoms with E-state index >= 15 is 0 Å². The second-order valence-electron chi connectivity index (χ2n) is 4.89. The van der Waals surface area contributed by atoms with Crippen LogP contribution >= 0.6 is 31.9 Å². The first-order chi connectivity index (χ1) is 7.91. The van der Waals surface area contributed by atoms with Gasteiger partial charge in [0.05, 0.1) is 3.74 Å². The summed E-state index contributed by atoms with van der Waals surface area (Å²) in [4.78, 5) is 0. The number of rotatable bonds is 2. The summed E-state index contributed by atoms with van der Waals surface area (Å²) in [6, 6.07) is 0. The number of hydrogen-bond acceptors (Lipinski definition) is 1. The average Bonchev–Trinajstić information content (AvgIpc) is 2.63. The predicted molar refractivity (Wildman–Crippen MR) is 79.8 cm³/mol. The number of alkyl halides is 2. The Hall–Kier alpha value is -0.0200. The minimum Gasteiger partial charge on any atom is -0.490 e. The van der Waals surface area contributed by atoms with E-state index in [-0.39, 0.29) is 0 Å². The van der Waals surface area contributed by atoms with E-state index in [1.807, 2.05) is 0 Å². The van der Waals surface area contributed by atoms with E-state index < -0.39 is 0 Å². The lowest BCUT2D eigenvalue weighted by Crippen LogP contribution is -2.05. The van der Waals surface area contributed by atoms with Crippen molar-refractivity contribution in [2.75, 3.05) is 0 Å². The Morgan fingerprint density at radius 2 is 1.82 bits per heavy atom.